The smallest absolute Gasteiger partial charge is 0.399 e. The van der Waals surface area contributed by atoms with Gasteiger partial charge in [-0.3, -0.25) is 42.7 Å². The fourth-order valence-electron chi connectivity index (χ4n) is 19.2. The molecule has 3 saturated heterocycles. The summed E-state index contributed by atoms with van der Waals surface area (Å²) in [4.78, 5) is 37.6. The Balaban J connectivity index is 0.000000156. The maximum atomic E-state index is 15.5. The molecule has 0 N–H and O–H groups in total. The summed E-state index contributed by atoms with van der Waals surface area (Å²) < 4.78 is 284. The molecule has 7 aliphatic rings. The molecule has 19 rings (SSSR count). The third kappa shape index (κ3) is 19.2. The van der Waals surface area contributed by atoms with Gasteiger partial charge < -0.3 is 18.8 Å². The summed E-state index contributed by atoms with van der Waals surface area (Å²) in [6, 6.07) is 18.7. The van der Waals surface area contributed by atoms with Crippen LogP contribution in [0.1, 0.15) is 183 Å². The highest BCUT2D eigenvalue weighted by Gasteiger charge is 2.70. The Morgan fingerprint density at radius 1 is 0.530 bits per heavy atom. The van der Waals surface area contributed by atoms with E-state index < -0.39 is 186 Å². The van der Waals surface area contributed by atoms with Gasteiger partial charge in [-0.05, 0) is 157 Å². The van der Waals surface area contributed by atoms with Crippen LogP contribution in [0, 0.1) is 35.1 Å². The predicted octanol–water partition coefficient (Wildman–Crippen LogP) is 18.4. The van der Waals surface area contributed by atoms with Crippen LogP contribution in [0.5, 0.6) is 0 Å². The number of hydrogen-bond donors (Lipinski definition) is 0. The van der Waals surface area contributed by atoms with Gasteiger partial charge in [0.15, 0.2) is 42.6 Å². The number of rotatable bonds is 24. The number of carbonyl (C=O) groups excluding carboxylic acids is 2. The minimum atomic E-state index is -5.05. The van der Waals surface area contributed by atoms with E-state index in [4.69, 9.17) is 58.6 Å². The summed E-state index contributed by atoms with van der Waals surface area (Å²) in [5, 5.41) is 25.9. The highest BCUT2D eigenvalue weighted by Crippen LogP contribution is 2.70. The average molecular weight is 1970 g/mol. The van der Waals surface area contributed by atoms with Crippen LogP contribution in [-0.2, 0) is 124 Å². The molecule has 710 valence electrons. The summed E-state index contributed by atoms with van der Waals surface area (Å²) in [5.41, 5.74) is -1.45. The number of ketones is 2. The number of aryl methyl sites for hydroxylation is 2. The Labute approximate surface area is 773 Å². The molecule has 4 aromatic carbocycles. The molecule has 134 heavy (non-hydrogen) atoms. The molecule has 0 amide bonds. The minimum Gasteiger partial charge on any atom is -0.399 e. The first-order valence-corrected chi connectivity index (χ1v) is 48.1. The lowest BCUT2D eigenvalue weighted by atomic mass is 9.82. The maximum absolute atomic E-state index is 15.5. The zero-order chi connectivity index (χ0) is 96.1. The van der Waals surface area contributed by atoms with Crippen molar-refractivity contribution in [3.05, 3.63) is 216 Å². The van der Waals surface area contributed by atoms with Gasteiger partial charge in [-0.2, -0.15) is 74.5 Å². The van der Waals surface area contributed by atoms with E-state index in [0.29, 0.717) is 96.1 Å². The summed E-state index contributed by atoms with van der Waals surface area (Å²) in [6.07, 6.45) is 1.01. The van der Waals surface area contributed by atoms with Crippen molar-refractivity contribution in [3.63, 3.8) is 0 Å². The number of Topliss-reactive ketones (excluding diaryl/α,β-unsaturated/α-hetero) is 2. The zero-order valence-electron chi connectivity index (χ0n) is 72.9. The number of fused-ring (bicyclic) bond motifs is 8. The molecule has 4 aliphatic carbocycles. The van der Waals surface area contributed by atoms with Gasteiger partial charge in [-0.25, -0.2) is 39.4 Å². The van der Waals surface area contributed by atoms with E-state index in [1.54, 1.807) is 56.7 Å². The maximum Gasteiger partial charge on any atom is 0.498 e. The monoisotopic (exact) mass is 1970 g/mol. The molecule has 5 fully saturated rings. The van der Waals surface area contributed by atoms with Crippen molar-refractivity contribution in [2.75, 3.05) is 38.9 Å². The largest absolute Gasteiger partial charge is 0.498 e. The van der Waals surface area contributed by atoms with Crippen LogP contribution in [0.2, 0.25) is 15.2 Å². The van der Waals surface area contributed by atoms with Crippen molar-refractivity contribution >= 4 is 100 Å². The van der Waals surface area contributed by atoms with E-state index >= 15 is 17.6 Å². The number of hydrogen-bond acceptors (Lipinski definition) is 18. The quantitative estimate of drug-likeness (QED) is 0.0309. The van der Waals surface area contributed by atoms with Gasteiger partial charge in [0.25, 0.3) is 11.8 Å². The van der Waals surface area contributed by atoms with Crippen molar-refractivity contribution in [2.45, 2.75) is 188 Å². The summed E-state index contributed by atoms with van der Waals surface area (Å²) in [6.45, 7) is 9.11. The Morgan fingerprint density at radius 3 is 1.34 bits per heavy atom. The summed E-state index contributed by atoms with van der Waals surface area (Å²) in [7, 11) is -4.32. The van der Waals surface area contributed by atoms with Crippen LogP contribution in [0.4, 0.5) is 61.5 Å². The van der Waals surface area contributed by atoms with Crippen LogP contribution >= 0.6 is 34.8 Å². The molecule has 8 aromatic heterocycles. The molecular weight excluding hydrogens is 1880 g/mol. The van der Waals surface area contributed by atoms with Gasteiger partial charge in [0.2, 0.25) is 0 Å². The lowest BCUT2D eigenvalue weighted by molar-refractivity contribution is -0.143. The standard InChI is InChI=1S/C42H37ClF7N7O4S.C34H26Cl2F7N5O3S.C14H23BN2O3/c1-55-38-29(3-5-32(43)36(38)34(53-55)20-62(2,59)60)28-4-6-33(23-17-51-56(18-23)26-7-9-61-10-8-26)52-37(28)22(11-21-12-24(44)15-25(45)13-21)14-27(58)19-57-40-35(39(54-57)42(48,49)50)30-16-31(30)41(40,46)47;1-47-30-21(3-5-24(35)28(30)25(45-47)14-52(2,50)51)20-4-6-26(36)44-29(20)16(7-15-8-17(37)11-18(38)9-15)10-19(49)13-48-32-27(31(46-48)34(41,42)43)22-12-23(22)33(32,39)40;1-13(2)14(3,4)20-15(19-13)11-9-16-17(10-11)12-5-7-18-8-6-12/h3-6,12-13,15,17-18,22,26,30-31H,7-11,14,16,19-20H2,1-2H3;3-6,8-9,11,16,22-23H,7,10,12-14H2,1-2H3;9-10,12H,5-8H2,1-4H3/t22-,30+,31-;16-,22+,23-;/m11./s1. The number of alkyl halides is 10. The number of pyridine rings is 2. The first-order valence-electron chi connectivity index (χ1n) is 42.9. The SMILES string of the molecule is CC1(C)OB(c2cnn(C3CCOCC3)c2)OC1(C)C.Cn1nc(CS(C)(=O)=O)c2c(Cl)ccc(-c3ccc(-c4cnn(C5CCOCC5)c4)nc3[C@@H](CC(=O)Cn3nc(C(F)(F)F)c4c3C(F)(F)[C@@H]3C[C@H]43)Cc3cc(F)cc(F)c3)c21.Cn1nc(CS(C)(=O)=O)c2c(Cl)ccc(-c3ccc(Cl)nc3[C@@H](CC(=O)Cn3nc(C(F)(F)F)c4c3C(F)(F)[C@@H]3C[C@H]43)Cc3cc(F)cc(F)c3)c21. The molecule has 12 aromatic rings. The van der Waals surface area contributed by atoms with Crippen molar-refractivity contribution in [2.24, 2.45) is 25.9 Å². The van der Waals surface area contributed by atoms with E-state index in [9.17, 15) is 70.3 Å². The minimum absolute atomic E-state index is 0.0480. The molecule has 0 spiro atoms. The second-order valence-corrected chi connectivity index (χ2v) is 41.9. The number of sulfone groups is 2. The lowest BCUT2D eigenvalue weighted by Gasteiger charge is -2.32. The molecule has 44 heteroatoms. The second kappa shape index (κ2) is 35.5. The van der Waals surface area contributed by atoms with Gasteiger partial charge >= 0.3 is 19.5 Å². The van der Waals surface area contributed by atoms with Crippen molar-refractivity contribution in [1.82, 2.24) is 68.7 Å². The number of benzene rings is 4. The van der Waals surface area contributed by atoms with Crippen molar-refractivity contribution in [3.8, 4) is 33.5 Å². The van der Waals surface area contributed by atoms with Gasteiger partial charge in [-0.15, -0.1) is 0 Å². The van der Waals surface area contributed by atoms with Gasteiger partial charge in [0, 0.05) is 175 Å². The van der Waals surface area contributed by atoms with Crippen LogP contribution in [0.25, 0.3) is 55.3 Å². The topological polar surface area (TPSA) is 272 Å². The van der Waals surface area contributed by atoms with Gasteiger partial charge in [0.05, 0.1) is 90.5 Å². The highest BCUT2D eigenvalue weighted by molar-refractivity contribution is 7.90. The van der Waals surface area contributed by atoms with Crippen molar-refractivity contribution in [1.29, 1.82) is 0 Å². The fourth-order valence-corrected chi connectivity index (χ4v) is 21.3. The molecule has 0 bridgehead atoms. The third-order valence-corrected chi connectivity index (χ3v) is 28.4. The Bertz CT molecular complexity index is 6850. The average Bonchev–Trinajstić information content (AvgIpc) is 1.52. The Kier molecular flexibility index (Phi) is 25.4. The molecule has 11 heterocycles. The van der Waals surface area contributed by atoms with Crippen molar-refractivity contribution < 1.29 is 107 Å². The molecule has 0 radical (unpaired) electrons. The third-order valence-electron chi connectivity index (χ3n) is 26.0. The lowest BCUT2D eigenvalue weighted by Crippen LogP contribution is -2.41. The molecule has 3 aliphatic heterocycles. The number of ether oxygens (including phenoxy) is 2. The van der Waals surface area contributed by atoms with E-state index in [-0.39, 0.29) is 99.1 Å². The zero-order valence-corrected chi connectivity index (χ0v) is 76.8. The number of halogens is 17. The molecule has 0 unspecified atom stereocenters. The summed E-state index contributed by atoms with van der Waals surface area (Å²) >= 11 is 19.6. The molecule has 24 nitrogen and oxygen atoms in total. The van der Waals surface area contributed by atoms with Gasteiger partial charge in [-0.1, -0.05) is 53.0 Å². The van der Waals surface area contributed by atoms with E-state index in [1.165, 1.54) is 21.5 Å². The number of aromatic nitrogens is 14. The van der Waals surface area contributed by atoms with Crippen LogP contribution in [-0.4, -0.2) is 154 Å². The molecule has 2 saturated carbocycles. The van der Waals surface area contributed by atoms with Crippen LogP contribution in [0.3, 0.4) is 0 Å². The van der Waals surface area contributed by atoms with Crippen LogP contribution in [0.15, 0.2) is 110 Å². The summed E-state index contributed by atoms with van der Waals surface area (Å²) in [5.74, 6) is -20.2. The van der Waals surface area contributed by atoms with Gasteiger partial charge in [0.1, 0.15) is 52.9 Å². The first-order chi connectivity index (χ1) is 62.9. The first kappa shape index (κ1) is 95.7. The Morgan fingerprint density at radius 2 is 0.925 bits per heavy atom. The number of nitrogens with zero attached hydrogens (tertiary/aromatic N) is 14. The van der Waals surface area contributed by atoms with E-state index in [1.807, 2.05) is 21.8 Å². The Hall–Kier alpha value is -10.0. The second-order valence-electron chi connectivity index (χ2n) is 36.4. The van der Waals surface area contributed by atoms with E-state index in [2.05, 4.69) is 69.5 Å². The van der Waals surface area contributed by atoms with Crippen LogP contribution < -0.4 is 5.46 Å². The van der Waals surface area contributed by atoms with E-state index in [0.717, 1.165) is 81.1 Å². The molecule has 6 atom stereocenters. The number of carbonyl (C=O) groups is 2. The molecular formula is C90H86BCl3F14N14O10S2. The normalized spacial score (nSPS) is 19.9. The predicted molar refractivity (Wildman–Crippen MR) is 466 cm³/mol. The highest BCUT2D eigenvalue weighted by atomic mass is 35.5. The fraction of sp³-hybridized carbons (Fsp3) is 0.444.